The van der Waals surface area contributed by atoms with Crippen molar-refractivity contribution >= 4 is 5.91 Å². The molecule has 1 unspecified atom stereocenters. The van der Waals surface area contributed by atoms with E-state index in [2.05, 4.69) is 29.1 Å². The summed E-state index contributed by atoms with van der Waals surface area (Å²) in [4.78, 5) is 18.9. The van der Waals surface area contributed by atoms with Crippen LogP contribution in [-0.2, 0) is 16.1 Å². The maximum atomic E-state index is 12.5. The predicted molar refractivity (Wildman–Crippen MR) is 90.4 cm³/mol. The zero-order valence-corrected chi connectivity index (χ0v) is 14.1. The summed E-state index contributed by atoms with van der Waals surface area (Å²) in [6, 6.07) is 9.98. The van der Waals surface area contributed by atoms with Gasteiger partial charge in [-0.05, 0) is 12.0 Å². The summed E-state index contributed by atoms with van der Waals surface area (Å²) in [6.07, 6.45) is 4.08. The van der Waals surface area contributed by atoms with Crippen molar-refractivity contribution in [2.45, 2.75) is 38.8 Å². The van der Waals surface area contributed by atoms with E-state index in [1.54, 1.807) is 6.33 Å². The Morgan fingerprint density at radius 3 is 2.96 bits per heavy atom. The van der Waals surface area contributed by atoms with E-state index in [0.29, 0.717) is 32.7 Å². The fourth-order valence-corrected chi connectivity index (χ4v) is 3.00. The first-order valence-electron chi connectivity index (χ1n) is 8.58. The Bertz CT molecular complexity index is 656. The number of amides is 1. The lowest BCUT2D eigenvalue weighted by Crippen LogP contribution is -2.44. The minimum atomic E-state index is -0.158. The van der Waals surface area contributed by atoms with Crippen LogP contribution in [0.4, 0.5) is 0 Å². The quantitative estimate of drug-likeness (QED) is 0.817. The van der Waals surface area contributed by atoms with Gasteiger partial charge in [-0.15, -0.1) is 0 Å². The first-order valence-corrected chi connectivity index (χ1v) is 8.58. The van der Waals surface area contributed by atoms with Crippen LogP contribution in [0.3, 0.4) is 0 Å². The largest absolute Gasteiger partial charge is 0.377 e. The molecule has 1 atom stereocenters. The SMILES string of the molecule is CCCCC(=O)N1CCOCC1c1ncnn1Cc1ccccc1. The molecule has 1 amide bonds. The Morgan fingerprint density at radius 2 is 2.17 bits per heavy atom. The lowest BCUT2D eigenvalue weighted by Gasteiger charge is -2.35. The molecule has 6 heteroatoms. The van der Waals surface area contributed by atoms with Gasteiger partial charge in [0.25, 0.3) is 0 Å². The summed E-state index contributed by atoms with van der Waals surface area (Å²) in [7, 11) is 0. The summed E-state index contributed by atoms with van der Waals surface area (Å²) in [5.74, 6) is 0.975. The van der Waals surface area contributed by atoms with Crippen LogP contribution in [-0.4, -0.2) is 45.3 Å². The van der Waals surface area contributed by atoms with Gasteiger partial charge in [0.15, 0.2) is 5.82 Å². The van der Waals surface area contributed by atoms with Crippen molar-refractivity contribution in [2.75, 3.05) is 19.8 Å². The summed E-state index contributed by atoms with van der Waals surface area (Å²) in [5.41, 5.74) is 1.16. The van der Waals surface area contributed by atoms with E-state index >= 15 is 0 Å². The highest BCUT2D eigenvalue weighted by Gasteiger charge is 2.31. The number of hydrogen-bond acceptors (Lipinski definition) is 4. The lowest BCUT2D eigenvalue weighted by atomic mass is 10.1. The van der Waals surface area contributed by atoms with Gasteiger partial charge in [0.05, 0.1) is 19.8 Å². The highest BCUT2D eigenvalue weighted by Crippen LogP contribution is 2.24. The van der Waals surface area contributed by atoms with Crippen LogP contribution in [0.1, 0.15) is 43.6 Å². The number of carbonyl (C=O) groups excluding carboxylic acids is 1. The fraction of sp³-hybridized carbons (Fsp3) is 0.500. The number of nitrogens with zero attached hydrogens (tertiary/aromatic N) is 4. The van der Waals surface area contributed by atoms with E-state index in [9.17, 15) is 4.79 Å². The van der Waals surface area contributed by atoms with Crippen molar-refractivity contribution in [2.24, 2.45) is 0 Å². The Morgan fingerprint density at radius 1 is 1.33 bits per heavy atom. The van der Waals surface area contributed by atoms with Crippen LogP contribution in [0.2, 0.25) is 0 Å². The third-order valence-electron chi connectivity index (χ3n) is 4.31. The highest BCUT2D eigenvalue weighted by atomic mass is 16.5. The van der Waals surface area contributed by atoms with E-state index in [1.807, 2.05) is 27.8 Å². The number of benzene rings is 1. The van der Waals surface area contributed by atoms with E-state index in [-0.39, 0.29) is 11.9 Å². The molecular formula is C18H24N4O2. The molecule has 1 aromatic carbocycles. The molecule has 0 spiro atoms. The first-order chi connectivity index (χ1) is 11.8. The number of unbranched alkanes of at least 4 members (excludes halogenated alkanes) is 1. The van der Waals surface area contributed by atoms with Gasteiger partial charge < -0.3 is 9.64 Å². The second-order valence-corrected chi connectivity index (χ2v) is 6.04. The van der Waals surface area contributed by atoms with Gasteiger partial charge >= 0.3 is 0 Å². The molecule has 2 heterocycles. The molecule has 128 valence electrons. The van der Waals surface area contributed by atoms with E-state index in [0.717, 1.165) is 24.2 Å². The van der Waals surface area contributed by atoms with Crippen molar-refractivity contribution < 1.29 is 9.53 Å². The summed E-state index contributed by atoms with van der Waals surface area (Å²) < 4.78 is 7.49. The van der Waals surface area contributed by atoms with Gasteiger partial charge in [-0.2, -0.15) is 5.10 Å². The van der Waals surface area contributed by atoms with Gasteiger partial charge in [-0.1, -0.05) is 43.7 Å². The number of hydrogen-bond donors (Lipinski definition) is 0. The molecule has 0 bridgehead atoms. The van der Waals surface area contributed by atoms with Crippen LogP contribution in [0, 0.1) is 0 Å². The maximum absolute atomic E-state index is 12.5. The first kappa shape index (κ1) is 16.6. The average molecular weight is 328 g/mol. The van der Waals surface area contributed by atoms with Crippen molar-refractivity contribution in [1.82, 2.24) is 19.7 Å². The van der Waals surface area contributed by atoms with Crippen molar-refractivity contribution in [3.8, 4) is 0 Å². The Hall–Kier alpha value is -2.21. The molecule has 0 radical (unpaired) electrons. The third-order valence-corrected chi connectivity index (χ3v) is 4.31. The van der Waals surface area contributed by atoms with Gasteiger partial charge in [0, 0.05) is 13.0 Å². The molecule has 0 aliphatic carbocycles. The number of aromatic nitrogens is 3. The molecule has 1 aliphatic rings. The number of ether oxygens (including phenoxy) is 1. The summed E-state index contributed by atoms with van der Waals surface area (Å²) in [5, 5.41) is 4.35. The third kappa shape index (κ3) is 3.82. The van der Waals surface area contributed by atoms with Crippen LogP contribution >= 0.6 is 0 Å². The van der Waals surface area contributed by atoms with Gasteiger partial charge in [0.1, 0.15) is 12.4 Å². The minimum Gasteiger partial charge on any atom is -0.377 e. The number of morpholine rings is 1. The summed E-state index contributed by atoms with van der Waals surface area (Å²) >= 11 is 0. The van der Waals surface area contributed by atoms with E-state index in [4.69, 9.17) is 4.74 Å². The molecule has 0 saturated carbocycles. The fourth-order valence-electron chi connectivity index (χ4n) is 3.00. The molecule has 0 N–H and O–H groups in total. The predicted octanol–water partition coefficient (Wildman–Crippen LogP) is 2.42. The highest BCUT2D eigenvalue weighted by molar-refractivity contribution is 5.76. The Balaban J connectivity index is 1.79. The minimum absolute atomic E-state index is 0.158. The van der Waals surface area contributed by atoms with Crippen molar-refractivity contribution in [1.29, 1.82) is 0 Å². The normalized spacial score (nSPS) is 17.9. The molecule has 1 aliphatic heterocycles. The van der Waals surface area contributed by atoms with Gasteiger partial charge in [-0.25, -0.2) is 9.67 Å². The number of carbonyl (C=O) groups is 1. The van der Waals surface area contributed by atoms with Crippen LogP contribution in [0.25, 0.3) is 0 Å². The molecule has 24 heavy (non-hydrogen) atoms. The smallest absolute Gasteiger partial charge is 0.223 e. The van der Waals surface area contributed by atoms with Gasteiger partial charge in [-0.3, -0.25) is 4.79 Å². The van der Waals surface area contributed by atoms with E-state index < -0.39 is 0 Å². The monoisotopic (exact) mass is 328 g/mol. The maximum Gasteiger partial charge on any atom is 0.223 e. The van der Waals surface area contributed by atoms with E-state index in [1.165, 1.54) is 0 Å². The molecule has 2 aromatic rings. The molecule has 1 fully saturated rings. The van der Waals surface area contributed by atoms with Crippen LogP contribution < -0.4 is 0 Å². The Kier molecular flexibility index (Phi) is 5.59. The Labute approximate surface area is 142 Å². The van der Waals surface area contributed by atoms with Gasteiger partial charge in [0.2, 0.25) is 5.91 Å². The topological polar surface area (TPSA) is 60.3 Å². The van der Waals surface area contributed by atoms with Crippen molar-refractivity contribution in [3.63, 3.8) is 0 Å². The molecular weight excluding hydrogens is 304 g/mol. The van der Waals surface area contributed by atoms with Crippen molar-refractivity contribution in [3.05, 3.63) is 48.0 Å². The molecule has 6 nitrogen and oxygen atoms in total. The van der Waals surface area contributed by atoms with Crippen LogP contribution in [0.15, 0.2) is 36.7 Å². The zero-order chi connectivity index (χ0) is 16.8. The molecule has 3 rings (SSSR count). The molecule has 1 aromatic heterocycles. The van der Waals surface area contributed by atoms with Crippen LogP contribution in [0.5, 0.6) is 0 Å². The number of rotatable bonds is 6. The zero-order valence-electron chi connectivity index (χ0n) is 14.1. The molecule has 1 saturated heterocycles. The average Bonchev–Trinajstić information content (AvgIpc) is 3.08. The second kappa shape index (κ2) is 8.06. The summed E-state index contributed by atoms with van der Waals surface area (Å²) in [6.45, 7) is 4.42. The second-order valence-electron chi connectivity index (χ2n) is 6.04. The lowest BCUT2D eigenvalue weighted by molar-refractivity contribution is -0.140. The standard InChI is InChI=1S/C18H24N4O2/c1-2-3-9-17(23)21-10-11-24-13-16(21)18-19-14-20-22(18)12-15-7-5-4-6-8-15/h4-8,14,16H,2-3,9-13H2,1H3.